The van der Waals surface area contributed by atoms with E-state index in [9.17, 15) is 4.39 Å². The smallest absolute Gasteiger partial charge is 0.154 e. The number of nitrogens with zero attached hydrogens (tertiary/aromatic N) is 1. The summed E-state index contributed by atoms with van der Waals surface area (Å²) in [5.41, 5.74) is 8.16. The minimum absolute atomic E-state index is 0.317. The molecule has 0 aliphatic rings. The lowest BCUT2D eigenvalue weighted by molar-refractivity contribution is 0.621. The van der Waals surface area contributed by atoms with E-state index in [1.165, 1.54) is 6.07 Å². The van der Waals surface area contributed by atoms with Crippen LogP contribution >= 0.6 is 27.3 Å². The zero-order chi connectivity index (χ0) is 13.4. The van der Waals surface area contributed by atoms with E-state index < -0.39 is 0 Å². The molecule has 2 aromatic heterocycles. The van der Waals surface area contributed by atoms with Gasteiger partial charge in [-0.3, -0.25) is 5.10 Å². The molecule has 1 aromatic carbocycles. The molecule has 0 bridgehead atoms. The van der Waals surface area contributed by atoms with Crippen LogP contribution in [0.2, 0.25) is 0 Å². The van der Waals surface area contributed by atoms with E-state index in [-0.39, 0.29) is 5.82 Å². The molecule has 0 aliphatic heterocycles. The van der Waals surface area contributed by atoms with E-state index in [0.29, 0.717) is 15.9 Å². The summed E-state index contributed by atoms with van der Waals surface area (Å²) in [6, 6.07) is 8.84. The SMILES string of the molecule is Nc1n[nH]c(-c2ccc(Br)c(F)c2)c1-c1cccs1. The maximum atomic E-state index is 13.6. The third-order valence-electron chi connectivity index (χ3n) is 2.77. The molecule has 0 spiro atoms. The highest BCUT2D eigenvalue weighted by Gasteiger charge is 2.16. The molecule has 96 valence electrons. The molecule has 2 heterocycles. The predicted octanol–water partition coefficient (Wildman–Crippen LogP) is 4.29. The van der Waals surface area contributed by atoms with Crippen molar-refractivity contribution in [2.24, 2.45) is 0 Å². The van der Waals surface area contributed by atoms with Crippen LogP contribution in [0.25, 0.3) is 21.7 Å². The van der Waals surface area contributed by atoms with Crippen molar-refractivity contribution in [3.05, 3.63) is 46.0 Å². The molecule has 0 saturated heterocycles. The van der Waals surface area contributed by atoms with Gasteiger partial charge in [0.25, 0.3) is 0 Å². The van der Waals surface area contributed by atoms with Crippen LogP contribution in [0.1, 0.15) is 0 Å². The van der Waals surface area contributed by atoms with E-state index in [2.05, 4.69) is 26.1 Å². The quantitative estimate of drug-likeness (QED) is 0.732. The zero-order valence-electron chi connectivity index (χ0n) is 9.65. The van der Waals surface area contributed by atoms with E-state index in [1.807, 2.05) is 23.6 Å². The highest BCUT2D eigenvalue weighted by atomic mass is 79.9. The topological polar surface area (TPSA) is 54.7 Å². The fourth-order valence-corrected chi connectivity index (χ4v) is 2.92. The molecule has 0 unspecified atom stereocenters. The van der Waals surface area contributed by atoms with Crippen LogP contribution < -0.4 is 5.73 Å². The van der Waals surface area contributed by atoms with Gasteiger partial charge in [0.1, 0.15) is 5.82 Å². The summed E-state index contributed by atoms with van der Waals surface area (Å²) in [5, 5.41) is 8.87. The number of aromatic nitrogens is 2. The Kier molecular flexibility index (Phi) is 3.12. The molecule has 19 heavy (non-hydrogen) atoms. The van der Waals surface area contributed by atoms with Gasteiger partial charge in [0.2, 0.25) is 0 Å². The summed E-state index contributed by atoms with van der Waals surface area (Å²) in [5.74, 6) is 0.101. The number of benzene rings is 1. The highest BCUT2D eigenvalue weighted by molar-refractivity contribution is 9.10. The van der Waals surface area contributed by atoms with Crippen molar-refractivity contribution < 1.29 is 4.39 Å². The Morgan fingerprint density at radius 2 is 2.16 bits per heavy atom. The summed E-state index contributed by atoms with van der Waals surface area (Å²) in [4.78, 5) is 1.00. The van der Waals surface area contributed by atoms with Crippen LogP contribution in [0.15, 0.2) is 40.2 Å². The standard InChI is InChI=1S/C13H9BrFN3S/c14-8-4-3-7(6-9(8)15)12-11(13(16)18-17-12)10-2-1-5-19-10/h1-6H,(H3,16,17,18). The maximum Gasteiger partial charge on any atom is 0.154 e. The van der Waals surface area contributed by atoms with Crippen LogP contribution in [-0.4, -0.2) is 10.2 Å². The van der Waals surface area contributed by atoms with Gasteiger partial charge in [0, 0.05) is 10.4 Å². The van der Waals surface area contributed by atoms with Crippen molar-refractivity contribution in [1.82, 2.24) is 10.2 Å². The largest absolute Gasteiger partial charge is 0.382 e. The Bertz CT molecular complexity index is 722. The molecule has 3 nitrogen and oxygen atoms in total. The molecule has 0 aliphatic carbocycles. The monoisotopic (exact) mass is 337 g/mol. The number of halogens is 2. The summed E-state index contributed by atoms with van der Waals surface area (Å²) < 4.78 is 14.1. The van der Waals surface area contributed by atoms with Crippen molar-refractivity contribution in [2.45, 2.75) is 0 Å². The molecular weight excluding hydrogens is 329 g/mol. The third kappa shape index (κ3) is 2.17. The fourth-order valence-electron chi connectivity index (χ4n) is 1.89. The number of nitrogens with one attached hydrogen (secondary N) is 1. The Labute approximate surface area is 121 Å². The van der Waals surface area contributed by atoms with Crippen molar-refractivity contribution in [1.29, 1.82) is 0 Å². The zero-order valence-corrected chi connectivity index (χ0v) is 12.1. The molecule has 0 saturated carbocycles. The Hall–Kier alpha value is -1.66. The minimum Gasteiger partial charge on any atom is -0.382 e. The van der Waals surface area contributed by atoms with Crippen molar-refractivity contribution in [3.63, 3.8) is 0 Å². The average molecular weight is 338 g/mol. The Morgan fingerprint density at radius 1 is 1.32 bits per heavy atom. The van der Waals surface area contributed by atoms with Crippen LogP contribution in [0.4, 0.5) is 10.2 Å². The molecular formula is C13H9BrFN3S. The maximum absolute atomic E-state index is 13.6. The van der Waals surface area contributed by atoms with E-state index in [0.717, 1.165) is 16.1 Å². The van der Waals surface area contributed by atoms with Crippen LogP contribution in [-0.2, 0) is 0 Å². The minimum atomic E-state index is -0.317. The van der Waals surface area contributed by atoms with Gasteiger partial charge in [-0.15, -0.1) is 11.3 Å². The van der Waals surface area contributed by atoms with Gasteiger partial charge in [-0.2, -0.15) is 5.10 Å². The second-order valence-corrected chi connectivity index (χ2v) is 5.77. The first-order chi connectivity index (χ1) is 9.16. The number of aromatic amines is 1. The van der Waals surface area contributed by atoms with Crippen LogP contribution in [0, 0.1) is 5.82 Å². The lowest BCUT2D eigenvalue weighted by Crippen LogP contribution is -1.87. The predicted molar refractivity (Wildman–Crippen MR) is 79.4 cm³/mol. The molecule has 0 atom stereocenters. The normalized spacial score (nSPS) is 10.8. The number of nitrogens with two attached hydrogens (primary N) is 1. The number of H-pyrrole nitrogens is 1. The molecule has 3 rings (SSSR count). The van der Waals surface area contributed by atoms with E-state index >= 15 is 0 Å². The first-order valence-electron chi connectivity index (χ1n) is 5.50. The number of thiophene rings is 1. The van der Waals surface area contributed by atoms with Gasteiger partial charge >= 0.3 is 0 Å². The molecule has 6 heteroatoms. The van der Waals surface area contributed by atoms with Gasteiger partial charge in [-0.05, 0) is 39.5 Å². The summed E-state index contributed by atoms with van der Waals surface area (Å²) in [7, 11) is 0. The average Bonchev–Trinajstić information content (AvgIpc) is 3.01. The molecule has 0 fully saturated rings. The Balaban J connectivity index is 2.18. The second kappa shape index (κ2) is 4.79. The van der Waals surface area contributed by atoms with E-state index in [4.69, 9.17) is 5.73 Å². The molecule has 0 radical (unpaired) electrons. The molecule has 3 aromatic rings. The lowest BCUT2D eigenvalue weighted by Gasteiger charge is -2.03. The van der Waals surface area contributed by atoms with Crippen molar-refractivity contribution >= 4 is 33.1 Å². The number of anilines is 1. The van der Waals surface area contributed by atoms with Gasteiger partial charge < -0.3 is 5.73 Å². The summed E-state index contributed by atoms with van der Waals surface area (Å²) in [6.45, 7) is 0. The van der Waals surface area contributed by atoms with Gasteiger partial charge in [-0.25, -0.2) is 4.39 Å². The summed E-state index contributed by atoms with van der Waals surface area (Å²) in [6.07, 6.45) is 0. The van der Waals surface area contributed by atoms with Crippen LogP contribution in [0.5, 0.6) is 0 Å². The van der Waals surface area contributed by atoms with Gasteiger partial charge in [0.15, 0.2) is 5.82 Å². The lowest BCUT2D eigenvalue weighted by atomic mass is 10.1. The Morgan fingerprint density at radius 3 is 2.84 bits per heavy atom. The van der Waals surface area contributed by atoms with Crippen LogP contribution in [0.3, 0.4) is 0 Å². The molecule has 3 N–H and O–H groups in total. The van der Waals surface area contributed by atoms with Crippen molar-refractivity contribution in [3.8, 4) is 21.7 Å². The third-order valence-corrected chi connectivity index (χ3v) is 4.30. The number of rotatable bonds is 2. The second-order valence-electron chi connectivity index (χ2n) is 3.97. The highest BCUT2D eigenvalue weighted by Crippen LogP contribution is 2.37. The molecule has 0 amide bonds. The van der Waals surface area contributed by atoms with Gasteiger partial charge in [-0.1, -0.05) is 12.1 Å². The van der Waals surface area contributed by atoms with Crippen molar-refractivity contribution in [2.75, 3.05) is 5.73 Å². The first kappa shape index (κ1) is 12.4. The number of hydrogen-bond acceptors (Lipinski definition) is 3. The first-order valence-corrected chi connectivity index (χ1v) is 7.17. The number of nitrogen functional groups attached to an aromatic ring is 1. The fraction of sp³-hybridized carbons (Fsp3) is 0. The van der Waals surface area contributed by atoms with Gasteiger partial charge in [0.05, 0.1) is 15.7 Å². The van der Waals surface area contributed by atoms with E-state index in [1.54, 1.807) is 17.4 Å². The number of hydrogen-bond donors (Lipinski definition) is 2. The summed E-state index contributed by atoms with van der Waals surface area (Å²) >= 11 is 4.71.